The van der Waals surface area contributed by atoms with Crippen LogP contribution in [0.1, 0.15) is 132 Å². The monoisotopic (exact) mass is 885 g/mol. The molecule has 0 bridgehead atoms. The normalized spacial score (nSPS) is 13.0. The summed E-state index contributed by atoms with van der Waals surface area (Å²) in [4.78, 5) is 4.91. The van der Waals surface area contributed by atoms with Crippen LogP contribution >= 0.6 is 0 Å². The van der Waals surface area contributed by atoms with E-state index in [0.29, 0.717) is 0 Å². The van der Waals surface area contributed by atoms with Crippen molar-refractivity contribution >= 4 is 32.8 Å². The van der Waals surface area contributed by atoms with Crippen molar-refractivity contribution in [3.63, 3.8) is 0 Å². The number of fused-ring (bicyclic) bond motifs is 4. The molecule has 3 aromatic heterocycles. The van der Waals surface area contributed by atoms with E-state index in [0.717, 1.165) is 50.5 Å². The van der Waals surface area contributed by atoms with Gasteiger partial charge in [0.2, 0.25) is 0 Å². The van der Waals surface area contributed by atoms with Gasteiger partial charge in [-0.05, 0) is 121 Å². The van der Waals surface area contributed by atoms with Gasteiger partial charge in [-0.2, -0.15) is 0 Å². The van der Waals surface area contributed by atoms with Crippen molar-refractivity contribution in [1.29, 1.82) is 0 Å². The van der Waals surface area contributed by atoms with E-state index >= 15 is 0 Å². The topological polar surface area (TPSA) is 35.9 Å². The van der Waals surface area contributed by atoms with Gasteiger partial charge in [0.25, 0.3) is 6.33 Å². The number of nitrogens with zero attached hydrogens (tertiary/aromatic N) is 4. The molecule has 0 N–H and O–H groups in total. The van der Waals surface area contributed by atoms with E-state index < -0.39 is 0 Å². The zero-order chi connectivity index (χ0) is 48.0. The van der Waals surface area contributed by atoms with Crippen molar-refractivity contribution < 1.29 is 9.30 Å². The lowest BCUT2D eigenvalue weighted by Crippen LogP contribution is -2.37. The summed E-state index contributed by atoms with van der Waals surface area (Å²) in [6.07, 6.45) is 5.88. The number of para-hydroxylation sites is 2. The van der Waals surface area contributed by atoms with Gasteiger partial charge in [0.05, 0.1) is 33.4 Å². The Hall–Kier alpha value is -6.46. The molecule has 0 radical (unpaired) electrons. The zero-order valence-corrected chi connectivity index (χ0v) is 42.5. The molecule has 0 saturated carbocycles. The highest BCUT2D eigenvalue weighted by molar-refractivity contribution is 6.09. The van der Waals surface area contributed by atoms with Crippen LogP contribution in [-0.2, 0) is 27.1 Å². The van der Waals surface area contributed by atoms with Gasteiger partial charge in [-0.3, -0.25) is 13.7 Å². The largest absolute Gasteiger partial charge is 0.458 e. The van der Waals surface area contributed by atoms with E-state index in [1.54, 1.807) is 0 Å². The van der Waals surface area contributed by atoms with E-state index in [-0.39, 0.29) is 27.1 Å². The van der Waals surface area contributed by atoms with Crippen molar-refractivity contribution in [1.82, 2.24) is 14.1 Å². The van der Waals surface area contributed by atoms with E-state index in [1.807, 2.05) is 12.3 Å². The smallest absolute Gasteiger partial charge is 0.269 e. The van der Waals surface area contributed by atoms with Crippen LogP contribution in [0.25, 0.3) is 61.2 Å². The Kier molecular flexibility index (Phi) is 11.0. The fourth-order valence-corrected chi connectivity index (χ4v) is 9.82. The standard InChI is InChI=1S/C62H68N4O/c1-58(2,3)41-33-34-63-55(36-41)66-51-28-17-16-23-45(51)46-31-30-44(38-53(46)66)67-43-22-18-21-42(37-43)64-39-65(57-49(61(10,11)12)26-20-27-50(57)62(13,14)15)52-32-29-40(35-54(52)64)56-47(59(4,5)6)24-19-25-48(56)60(7,8)9/h16-38H,1-15H3. The molecule has 0 unspecified atom stereocenters. The lowest BCUT2D eigenvalue weighted by Gasteiger charge is -2.31. The Morgan fingerprint density at radius 3 is 1.69 bits per heavy atom. The van der Waals surface area contributed by atoms with Crippen molar-refractivity contribution in [2.75, 3.05) is 0 Å². The van der Waals surface area contributed by atoms with Crippen LogP contribution in [0.2, 0.25) is 0 Å². The lowest BCUT2D eigenvalue weighted by atomic mass is 9.74. The van der Waals surface area contributed by atoms with Gasteiger partial charge in [-0.25, -0.2) is 4.98 Å². The highest BCUT2D eigenvalue weighted by atomic mass is 16.5. The molecule has 0 aliphatic carbocycles. The first kappa shape index (κ1) is 45.7. The molecule has 9 aromatic rings. The number of hydrogen-bond donors (Lipinski definition) is 0. The van der Waals surface area contributed by atoms with Crippen LogP contribution in [0.5, 0.6) is 11.5 Å². The van der Waals surface area contributed by atoms with Gasteiger partial charge in [-0.1, -0.05) is 177 Å². The Morgan fingerprint density at radius 1 is 0.478 bits per heavy atom. The minimum atomic E-state index is -0.120. The van der Waals surface area contributed by atoms with E-state index in [2.05, 4.69) is 251 Å². The highest BCUT2D eigenvalue weighted by Gasteiger charge is 2.30. The summed E-state index contributed by atoms with van der Waals surface area (Å²) in [5, 5.41) is 2.33. The van der Waals surface area contributed by atoms with Crippen molar-refractivity contribution in [2.45, 2.75) is 131 Å². The van der Waals surface area contributed by atoms with Gasteiger partial charge in [0.15, 0.2) is 0 Å². The summed E-state index contributed by atoms with van der Waals surface area (Å²) in [6.45, 7) is 34.5. The van der Waals surface area contributed by atoms with E-state index in [9.17, 15) is 0 Å². The number of benzene rings is 6. The maximum Gasteiger partial charge on any atom is 0.269 e. The van der Waals surface area contributed by atoms with Crippen molar-refractivity contribution in [2.24, 2.45) is 0 Å². The summed E-state index contributed by atoms with van der Waals surface area (Å²) < 4.78 is 13.7. The SMILES string of the molecule is CC(C)(C)c1ccnc(-n2c3ccccc3c3ccc(Oc4cccc(-n5[c-][n+](-c6c(C(C)(C)C)cccc6C(C)(C)C)c6ccc(-c7c(C(C)(C)C)cccc7C(C)(C)C)cc65)c4)cc32)c1. The summed E-state index contributed by atoms with van der Waals surface area (Å²) in [5.41, 5.74) is 15.0. The third-order valence-corrected chi connectivity index (χ3v) is 13.3. The number of pyridine rings is 1. The van der Waals surface area contributed by atoms with Gasteiger partial charge < -0.3 is 4.74 Å². The van der Waals surface area contributed by atoms with Crippen LogP contribution in [0, 0.1) is 6.33 Å². The lowest BCUT2D eigenvalue weighted by molar-refractivity contribution is -0.574. The molecule has 9 rings (SSSR count). The Bertz CT molecular complexity index is 3280. The molecule has 0 fully saturated rings. The first-order valence-corrected chi connectivity index (χ1v) is 24.0. The summed E-state index contributed by atoms with van der Waals surface area (Å²) >= 11 is 0. The first-order chi connectivity index (χ1) is 31.4. The molecular weight excluding hydrogens is 817 g/mol. The summed E-state index contributed by atoms with van der Waals surface area (Å²) in [6, 6.07) is 48.5. The molecule has 5 nitrogen and oxygen atoms in total. The van der Waals surface area contributed by atoms with Gasteiger partial charge in [0.1, 0.15) is 17.3 Å². The Balaban J connectivity index is 1.24. The maximum absolute atomic E-state index is 6.88. The molecule has 6 aromatic carbocycles. The number of hydrogen-bond acceptors (Lipinski definition) is 2. The highest BCUT2D eigenvalue weighted by Crippen LogP contribution is 2.43. The van der Waals surface area contributed by atoms with Crippen LogP contribution in [0.15, 0.2) is 140 Å². The quantitative estimate of drug-likeness (QED) is 0.123. The number of rotatable bonds is 6. The molecule has 0 aliphatic heterocycles. The number of imidazole rings is 1. The molecule has 0 amide bonds. The third kappa shape index (κ3) is 8.47. The third-order valence-electron chi connectivity index (χ3n) is 13.3. The molecule has 3 heterocycles. The minimum Gasteiger partial charge on any atom is -0.458 e. The molecule has 342 valence electrons. The average molecular weight is 885 g/mol. The first-order valence-electron chi connectivity index (χ1n) is 24.0. The average Bonchev–Trinajstić information content (AvgIpc) is 3.80. The van der Waals surface area contributed by atoms with Gasteiger partial charge in [-0.15, -0.1) is 0 Å². The molecule has 67 heavy (non-hydrogen) atoms. The predicted molar refractivity (Wildman–Crippen MR) is 281 cm³/mol. The Morgan fingerprint density at radius 2 is 1.06 bits per heavy atom. The zero-order valence-electron chi connectivity index (χ0n) is 42.5. The molecule has 0 spiro atoms. The second-order valence-electron chi connectivity index (χ2n) is 23.7. The molecule has 0 saturated heterocycles. The minimum absolute atomic E-state index is 0.0177. The second-order valence-corrected chi connectivity index (χ2v) is 23.7. The number of aromatic nitrogens is 4. The van der Waals surface area contributed by atoms with E-state index in [1.165, 1.54) is 50.0 Å². The number of ether oxygens (including phenoxy) is 1. The van der Waals surface area contributed by atoms with E-state index in [4.69, 9.17) is 9.72 Å². The predicted octanol–water partition coefficient (Wildman–Crippen LogP) is 16.1. The second kappa shape index (κ2) is 16.1. The van der Waals surface area contributed by atoms with Gasteiger partial charge in [0, 0.05) is 23.0 Å². The maximum atomic E-state index is 6.88. The van der Waals surface area contributed by atoms with Crippen LogP contribution < -0.4 is 9.30 Å². The molecule has 0 atom stereocenters. The molecule has 5 heteroatoms. The fourth-order valence-electron chi connectivity index (χ4n) is 9.82. The van der Waals surface area contributed by atoms with Crippen LogP contribution in [0.4, 0.5) is 0 Å². The fraction of sp³-hybridized carbons (Fsp3) is 0.323. The molecule has 0 aliphatic rings. The van der Waals surface area contributed by atoms with Crippen molar-refractivity contribution in [3.05, 3.63) is 174 Å². The van der Waals surface area contributed by atoms with Crippen LogP contribution in [0.3, 0.4) is 0 Å². The summed E-state index contributed by atoms with van der Waals surface area (Å²) in [7, 11) is 0. The van der Waals surface area contributed by atoms with Gasteiger partial charge >= 0.3 is 0 Å². The Labute approximate surface area is 399 Å². The van der Waals surface area contributed by atoms with Crippen LogP contribution in [-0.4, -0.2) is 14.1 Å². The molecular formula is C62H68N4O. The van der Waals surface area contributed by atoms with Crippen molar-refractivity contribution in [3.8, 4) is 39.8 Å². The summed E-state index contributed by atoms with van der Waals surface area (Å²) in [5.74, 6) is 2.38.